The summed E-state index contributed by atoms with van der Waals surface area (Å²) in [6, 6.07) is 6.17. The SMILES string of the molecule is Cc1cc(Cl)cc2sc(NC(=O)c3cc([N+](=O)[O-])cc([N+](=O)[O-])c3)nc12. The lowest BCUT2D eigenvalue weighted by atomic mass is 10.1. The Hall–Kier alpha value is -3.11. The number of rotatable bonds is 4. The number of nitro groups is 2. The standard InChI is InChI=1S/C15H9ClN4O5S/c1-7-2-9(16)5-12-13(7)17-15(26-12)18-14(21)8-3-10(19(22)23)6-11(4-8)20(24)25/h2-6H,1H3,(H,17,18,21). The van der Waals surface area contributed by atoms with Crippen molar-refractivity contribution < 1.29 is 14.6 Å². The predicted molar refractivity (Wildman–Crippen MR) is 97.1 cm³/mol. The van der Waals surface area contributed by atoms with Crippen LogP contribution in [0.3, 0.4) is 0 Å². The molecule has 132 valence electrons. The van der Waals surface area contributed by atoms with Crippen LogP contribution in [-0.4, -0.2) is 20.7 Å². The lowest BCUT2D eigenvalue weighted by molar-refractivity contribution is -0.394. The molecule has 0 unspecified atom stereocenters. The summed E-state index contributed by atoms with van der Waals surface area (Å²) in [6.07, 6.45) is 0. The molecule has 0 atom stereocenters. The molecule has 0 fully saturated rings. The molecule has 9 nitrogen and oxygen atoms in total. The van der Waals surface area contributed by atoms with E-state index in [1.54, 1.807) is 12.1 Å². The smallest absolute Gasteiger partial charge is 0.277 e. The average Bonchev–Trinajstić information content (AvgIpc) is 2.96. The van der Waals surface area contributed by atoms with Crippen LogP contribution in [0.5, 0.6) is 0 Å². The highest BCUT2D eigenvalue weighted by Crippen LogP contribution is 2.31. The normalized spacial score (nSPS) is 10.7. The monoisotopic (exact) mass is 392 g/mol. The van der Waals surface area contributed by atoms with Crippen LogP contribution in [0.1, 0.15) is 15.9 Å². The van der Waals surface area contributed by atoms with E-state index in [2.05, 4.69) is 10.3 Å². The highest BCUT2D eigenvalue weighted by molar-refractivity contribution is 7.22. The van der Waals surface area contributed by atoms with Gasteiger partial charge in [0, 0.05) is 17.2 Å². The molecule has 0 aliphatic heterocycles. The minimum absolute atomic E-state index is 0.208. The molecular formula is C15H9ClN4O5S. The van der Waals surface area contributed by atoms with Crippen molar-refractivity contribution in [3.63, 3.8) is 0 Å². The first-order chi connectivity index (χ1) is 12.2. The number of non-ortho nitro benzene ring substituents is 2. The Balaban J connectivity index is 1.96. The lowest BCUT2D eigenvalue weighted by Gasteiger charge is -2.02. The Bertz CT molecular complexity index is 1050. The van der Waals surface area contributed by atoms with Gasteiger partial charge in [-0.25, -0.2) is 4.98 Å². The number of amides is 1. The number of aryl methyl sites for hydroxylation is 1. The van der Waals surface area contributed by atoms with Gasteiger partial charge in [0.1, 0.15) is 0 Å². The number of aromatic nitrogens is 1. The number of hydrogen-bond acceptors (Lipinski definition) is 7. The number of nitrogens with zero attached hydrogens (tertiary/aromatic N) is 3. The third-order valence-corrected chi connectivity index (χ3v) is 4.59. The summed E-state index contributed by atoms with van der Waals surface area (Å²) >= 11 is 7.17. The van der Waals surface area contributed by atoms with Gasteiger partial charge in [-0.15, -0.1) is 0 Å². The van der Waals surface area contributed by atoms with Crippen molar-refractivity contribution in [3.8, 4) is 0 Å². The van der Waals surface area contributed by atoms with Gasteiger partial charge in [-0.2, -0.15) is 0 Å². The van der Waals surface area contributed by atoms with Crippen LogP contribution in [0.15, 0.2) is 30.3 Å². The Labute approximate surface area is 154 Å². The number of carbonyl (C=O) groups excluding carboxylic acids is 1. The van der Waals surface area contributed by atoms with Crippen LogP contribution in [-0.2, 0) is 0 Å². The fraction of sp³-hybridized carbons (Fsp3) is 0.0667. The summed E-state index contributed by atoms with van der Waals surface area (Å²) in [5.41, 5.74) is 0.197. The molecule has 0 saturated heterocycles. The summed E-state index contributed by atoms with van der Waals surface area (Å²) in [7, 11) is 0. The minimum atomic E-state index is -0.799. The molecule has 1 amide bonds. The zero-order chi connectivity index (χ0) is 19.0. The summed E-state index contributed by atoms with van der Waals surface area (Å²) < 4.78 is 0.760. The van der Waals surface area contributed by atoms with E-state index in [9.17, 15) is 25.0 Å². The molecule has 0 spiro atoms. The second kappa shape index (κ2) is 6.65. The maximum Gasteiger partial charge on any atom is 0.277 e. The second-order valence-electron chi connectivity index (χ2n) is 5.29. The maximum absolute atomic E-state index is 12.4. The fourth-order valence-electron chi connectivity index (χ4n) is 2.31. The first kappa shape index (κ1) is 17.7. The summed E-state index contributed by atoms with van der Waals surface area (Å²) in [4.78, 5) is 36.9. The van der Waals surface area contributed by atoms with Crippen LogP contribution in [0, 0.1) is 27.2 Å². The van der Waals surface area contributed by atoms with E-state index in [0.717, 1.165) is 28.5 Å². The van der Waals surface area contributed by atoms with Crippen molar-refractivity contribution >= 4 is 55.6 Å². The van der Waals surface area contributed by atoms with Gasteiger partial charge in [0.05, 0.1) is 31.7 Å². The van der Waals surface area contributed by atoms with Crippen molar-refractivity contribution in [3.05, 3.63) is 66.7 Å². The largest absolute Gasteiger partial charge is 0.298 e. The summed E-state index contributed by atoms with van der Waals surface area (Å²) in [5.74, 6) is -0.736. The van der Waals surface area contributed by atoms with Crippen molar-refractivity contribution in [1.82, 2.24) is 4.98 Å². The number of benzene rings is 2. The van der Waals surface area contributed by atoms with Crippen LogP contribution in [0.4, 0.5) is 16.5 Å². The first-order valence-electron chi connectivity index (χ1n) is 7.06. The summed E-state index contributed by atoms with van der Waals surface area (Å²) in [6.45, 7) is 1.82. The number of hydrogen-bond donors (Lipinski definition) is 1. The molecule has 0 bridgehead atoms. The van der Waals surface area contributed by atoms with Gasteiger partial charge in [-0.05, 0) is 24.6 Å². The highest BCUT2D eigenvalue weighted by atomic mass is 35.5. The second-order valence-corrected chi connectivity index (χ2v) is 6.76. The molecule has 0 aliphatic rings. The van der Waals surface area contributed by atoms with Gasteiger partial charge in [0.2, 0.25) is 0 Å². The molecule has 0 saturated carbocycles. The Morgan fingerprint density at radius 1 is 1.12 bits per heavy atom. The van der Waals surface area contributed by atoms with Gasteiger partial charge >= 0.3 is 0 Å². The number of thiazole rings is 1. The molecule has 1 heterocycles. The van der Waals surface area contributed by atoms with Gasteiger partial charge in [-0.3, -0.25) is 30.3 Å². The zero-order valence-corrected chi connectivity index (χ0v) is 14.6. The van der Waals surface area contributed by atoms with E-state index in [0.29, 0.717) is 10.5 Å². The van der Waals surface area contributed by atoms with Crippen LogP contribution < -0.4 is 5.32 Å². The van der Waals surface area contributed by atoms with E-state index in [1.165, 1.54) is 11.3 Å². The van der Waals surface area contributed by atoms with Crippen molar-refractivity contribution in [2.75, 3.05) is 5.32 Å². The average molecular weight is 393 g/mol. The Kier molecular flexibility index (Phi) is 4.53. The number of nitrogens with one attached hydrogen (secondary N) is 1. The fourth-order valence-corrected chi connectivity index (χ4v) is 3.63. The first-order valence-corrected chi connectivity index (χ1v) is 8.26. The van der Waals surface area contributed by atoms with E-state index in [-0.39, 0.29) is 10.7 Å². The van der Waals surface area contributed by atoms with Crippen LogP contribution in [0.2, 0.25) is 5.02 Å². The number of nitro benzene ring substituents is 2. The molecule has 0 aliphatic carbocycles. The van der Waals surface area contributed by atoms with Gasteiger partial charge in [0.25, 0.3) is 17.3 Å². The van der Waals surface area contributed by atoms with Crippen LogP contribution >= 0.6 is 22.9 Å². The number of halogens is 1. The highest BCUT2D eigenvalue weighted by Gasteiger charge is 2.20. The Morgan fingerprint density at radius 3 is 2.31 bits per heavy atom. The van der Waals surface area contributed by atoms with Crippen molar-refractivity contribution in [1.29, 1.82) is 0 Å². The minimum Gasteiger partial charge on any atom is -0.298 e. The predicted octanol–water partition coefficient (Wildman–Crippen LogP) is 4.33. The molecule has 0 radical (unpaired) electrons. The zero-order valence-electron chi connectivity index (χ0n) is 13.1. The molecule has 3 aromatic rings. The number of anilines is 1. The van der Waals surface area contributed by atoms with Gasteiger partial charge in [-0.1, -0.05) is 22.9 Å². The molecule has 2 aromatic carbocycles. The van der Waals surface area contributed by atoms with E-state index >= 15 is 0 Å². The number of carbonyl (C=O) groups is 1. The molecule has 3 rings (SSSR count). The maximum atomic E-state index is 12.4. The van der Waals surface area contributed by atoms with E-state index in [1.807, 2.05) is 6.92 Å². The third kappa shape index (κ3) is 3.46. The van der Waals surface area contributed by atoms with E-state index < -0.39 is 27.1 Å². The topological polar surface area (TPSA) is 128 Å². The van der Waals surface area contributed by atoms with Gasteiger partial charge < -0.3 is 0 Å². The molecule has 26 heavy (non-hydrogen) atoms. The molecular weight excluding hydrogens is 384 g/mol. The molecule has 1 aromatic heterocycles. The quantitative estimate of drug-likeness (QED) is 0.519. The van der Waals surface area contributed by atoms with Crippen molar-refractivity contribution in [2.24, 2.45) is 0 Å². The summed E-state index contributed by atoms with van der Waals surface area (Å²) in [5, 5.41) is 25.1. The Morgan fingerprint density at radius 2 is 1.73 bits per heavy atom. The van der Waals surface area contributed by atoms with Crippen LogP contribution in [0.25, 0.3) is 10.2 Å². The molecule has 1 N–H and O–H groups in total. The lowest BCUT2D eigenvalue weighted by Crippen LogP contribution is -2.12. The van der Waals surface area contributed by atoms with Crippen molar-refractivity contribution in [2.45, 2.75) is 6.92 Å². The third-order valence-electron chi connectivity index (χ3n) is 3.46. The molecule has 11 heteroatoms. The number of fused-ring (bicyclic) bond motifs is 1. The van der Waals surface area contributed by atoms with E-state index in [4.69, 9.17) is 11.6 Å². The van der Waals surface area contributed by atoms with Gasteiger partial charge in [0.15, 0.2) is 5.13 Å².